The van der Waals surface area contributed by atoms with E-state index in [4.69, 9.17) is 5.73 Å². The van der Waals surface area contributed by atoms with E-state index in [9.17, 15) is 13.2 Å². The Morgan fingerprint density at radius 3 is 2.75 bits per heavy atom. The molecule has 2 aliphatic rings. The molecule has 1 aliphatic heterocycles. The van der Waals surface area contributed by atoms with Crippen LogP contribution in [0, 0.1) is 0 Å². The molecule has 0 fully saturated rings. The average molecular weight is 234 g/mol. The number of benzene rings is 1. The molecule has 80 valence electrons. The van der Waals surface area contributed by atoms with Crippen molar-refractivity contribution in [1.29, 1.82) is 0 Å². The number of Topliss-reactive ketones (excluding diaryl/α,β-unsaturated/α-hetero) is 1. The quantitative estimate of drug-likeness (QED) is 0.695. The van der Waals surface area contributed by atoms with Gasteiger partial charge in [0, 0.05) is 11.1 Å². The molecule has 0 radical (unpaired) electrons. The number of nitrogens with two attached hydrogens (primary N) is 1. The fraction of sp³-hybridized carbons (Fsp3) is 0. The summed E-state index contributed by atoms with van der Waals surface area (Å²) in [7, 11) is -3.66. The molecule has 2 N–H and O–H groups in total. The van der Waals surface area contributed by atoms with Gasteiger partial charge in [-0.2, -0.15) is 12.8 Å². The molecule has 1 heterocycles. The minimum absolute atomic E-state index is 0.0144. The van der Waals surface area contributed by atoms with Crippen LogP contribution in [0.3, 0.4) is 0 Å². The smallest absolute Gasteiger partial charge is 0.283 e. The van der Waals surface area contributed by atoms with E-state index in [-0.39, 0.29) is 22.1 Å². The van der Waals surface area contributed by atoms with E-state index in [0.29, 0.717) is 11.1 Å². The van der Waals surface area contributed by atoms with E-state index in [2.05, 4.69) is 4.40 Å². The zero-order valence-electron chi connectivity index (χ0n) is 7.97. The number of sulfonamides is 1. The highest BCUT2D eigenvalue weighted by Crippen LogP contribution is 2.32. The van der Waals surface area contributed by atoms with Gasteiger partial charge in [0.2, 0.25) is 5.78 Å². The number of nitrogens with zero attached hydrogens (tertiary/aromatic N) is 1. The predicted molar refractivity (Wildman–Crippen MR) is 56.8 cm³/mol. The van der Waals surface area contributed by atoms with Crippen molar-refractivity contribution in [2.45, 2.75) is 4.90 Å². The first kappa shape index (κ1) is 9.29. The van der Waals surface area contributed by atoms with E-state index in [1.54, 1.807) is 6.07 Å². The number of hydrogen-bond acceptors (Lipinski definition) is 4. The van der Waals surface area contributed by atoms with Gasteiger partial charge in [0.15, 0.2) is 0 Å². The molecule has 1 aliphatic carbocycles. The minimum Gasteiger partial charge on any atom is -0.395 e. The van der Waals surface area contributed by atoms with Gasteiger partial charge in [-0.05, 0) is 12.1 Å². The van der Waals surface area contributed by atoms with Gasteiger partial charge in [0.25, 0.3) is 10.0 Å². The van der Waals surface area contributed by atoms with Crippen LogP contribution in [0.1, 0.15) is 15.9 Å². The molecule has 5 nitrogen and oxygen atoms in total. The molecule has 0 atom stereocenters. The lowest BCUT2D eigenvalue weighted by Crippen LogP contribution is -2.21. The average Bonchev–Trinajstić information content (AvgIpc) is 2.48. The van der Waals surface area contributed by atoms with Gasteiger partial charge in [-0.3, -0.25) is 4.79 Å². The van der Waals surface area contributed by atoms with Crippen LogP contribution in [0.2, 0.25) is 0 Å². The summed E-state index contributed by atoms with van der Waals surface area (Å²) < 4.78 is 26.9. The zero-order valence-corrected chi connectivity index (χ0v) is 8.78. The van der Waals surface area contributed by atoms with E-state index < -0.39 is 10.0 Å². The molecule has 0 bridgehead atoms. The standard InChI is InChI=1S/C10H6N2O3S/c11-6-4-7-9-5(10(6)13)2-1-3-8(9)16(14,15)12-7/h1-4H,11H2. The molecule has 1 aromatic carbocycles. The third-order valence-electron chi connectivity index (χ3n) is 2.58. The van der Waals surface area contributed by atoms with Gasteiger partial charge in [-0.15, -0.1) is 0 Å². The van der Waals surface area contributed by atoms with Gasteiger partial charge in [0.1, 0.15) is 0 Å². The number of carbonyl (C=O) groups is 1. The summed E-state index contributed by atoms with van der Waals surface area (Å²) in [5.74, 6) is -0.354. The number of rotatable bonds is 0. The molecule has 0 aromatic heterocycles. The van der Waals surface area contributed by atoms with Crippen LogP contribution in [-0.4, -0.2) is 19.9 Å². The Kier molecular flexibility index (Phi) is 1.50. The lowest BCUT2D eigenvalue weighted by Gasteiger charge is -2.11. The Hall–Kier alpha value is -1.95. The molecular weight excluding hydrogens is 228 g/mol. The zero-order chi connectivity index (χ0) is 11.5. The lowest BCUT2D eigenvalue weighted by atomic mass is 9.92. The number of ketones is 1. The van der Waals surface area contributed by atoms with Gasteiger partial charge in [0.05, 0.1) is 16.3 Å². The predicted octanol–water partition coefficient (Wildman–Crippen LogP) is 0.217. The Morgan fingerprint density at radius 1 is 1.25 bits per heavy atom. The van der Waals surface area contributed by atoms with Crippen LogP contribution < -0.4 is 5.73 Å². The summed E-state index contributed by atoms with van der Waals surface area (Å²) >= 11 is 0. The maximum atomic E-state index is 11.7. The number of allylic oxidation sites excluding steroid dienone is 2. The van der Waals surface area contributed by atoms with E-state index >= 15 is 0 Å². The molecular formula is C10H6N2O3S. The molecule has 3 rings (SSSR count). The van der Waals surface area contributed by atoms with Gasteiger partial charge in [-0.25, -0.2) is 0 Å². The maximum Gasteiger partial charge on any atom is 0.283 e. The Labute approximate surface area is 91.3 Å². The van der Waals surface area contributed by atoms with Crippen molar-refractivity contribution < 1.29 is 13.2 Å². The monoisotopic (exact) mass is 234 g/mol. The second-order valence-corrected chi connectivity index (χ2v) is 5.13. The van der Waals surface area contributed by atoms with Crippen LogP contribution in [0.25, 0.3) is 0 Å². The molecule has 0 unspecified atom stereocenters. The summed E-state index contributed by atoms with van der Waals surface area (Å²) in [6.07, 6.45) is 1.30. The molecule has 6 heteroatoms. The second kappa shape index (κ2) is 2.59. The highest BCUT2D eigenvalue weighted by molar-refractivity contribution is 7.90. The van der Waals surface area contributed by atoms with Crippen molar-refractivity contribution in [3.05, 3.63) is 41.1 Å². The summed E-state index contributed by atoms with van der Waals surface area (Å²) in [5, 5.41) is 0. The summed E-state index contributed by atoms with van der Waals surface area (Å²) in [6, 6.07) is 4.51. The van der Waals surface area contributed by atoms with Crippen molar-refractivity contribution in [3.8, 4) is 0 Å². The Morgan fingerprint density at radius 2 is 2.00 bits per heavy atom. The van der Waals surface area contributed by atoms with Crippen molar-refractivity contribution in [2.24, 2.45) is 10.1 Å². The largest absolute Gasteiger partial charge is 0.395 e. The first-order valence-corrected chi connectivity index (χ1v) is 5.95. The van der Waals surface area contributed by atoms with Crippen molar-refractivity contribution in [1.82, 2.24) is 0 Å². The first-order valence-electron chi connectivity index (χ1n) is 4.51. The fourth-order valence-corrected chi connectivity index (χ4v) is 3.11. The van der Waals surface area contributed by atoms with Crippen LogP contribution >= 0.6 is 0 Å². The van der Waals surface area contributed by atoms with Crippen LogP contribution in [-0.2, 0) is 10.0 Å². The molecule has 1 aromatic rings. The SMILES string of the molecule is NC1=CC2=NS(=O)(=O)c3cccc(c32)C1=O. The molecule has 0 spiro atoms. The molecule has 0 saturated carbocycles. The minimum atomic E-state index is -3.66. The van der Waals surface area contributed by atoms with Crippen LogP contribution in [0.4, 0.5) is 0 Å². The molecule has 16 heavy (non-hydrogen) atoms. The van der Waals surface area contributed by atoms with Gasteiger partial charge in [-0.1, -0.05) is 12.1 Å². The van der Waals surface area contributed by atoms with E-state index in [1.165, 1.54) is 18.2 Å². The highest BCUT2D eigenvalue weighted by Gasteiger charge is 2.35. The van der Waals surface area contributed by atoms with Crippen molar-refractivity contribution in [2.75, 3.05) is 0 Å². The Balaban J connectivity index is 2.50. The highest BCUT2D eigenvalue weighted by atomic mass is 32.2. The normalized spacial score (nSPS) is 20.1. The van der Waals surface area contributed by atoms with Crippen LogP contribution in [0.15, 0.2) is 39.3 Å². The van der Waals surface area contributed by atoms with E-state index in [1.807, 2.05) is 0 Å². The summed E-state index contributed by atoms with van der Waals surface area (Å²) in [4.78, 5) is 11.8. The summed E-state index contributed by atoms with van der Waals surface area (Å²) in [6.45, 7) is 0. The fourth-order valence-electron chi connectivity index (χ4n) is 1.89. The summed E-state index contributed by atoms with van der Waals surface area (Å²) in [5.41, 5.74) is 6.45. The Bertz CT molecular complexity index is 699. The molecule has 0 saturated heterocycles. The van der Waals surface area contributed by atoms with Crippen molar-refractivity contribution >= 4 is 21.5 Å². The van der Waals surface area contributed by atoms with Crippen LogP contribution in [0.5, 0.6) is 0 Å². The van der Waals surface area contributed by atoms with E-state index in [0.717, 1.165) is 0 Å². The first-order chi connectivity index (χ1) is 7.50. The third kappa shape index (κ3) is 0.965. The topological polar surface area (TPSA) is 89.6 Å². The molecule has 0 amide bonds. The van der Waals surface area contributed by atoms with Crippen molar-refractivity contribution in [3.63, 3.8) is 0 Å². The number of carbonyl (C=O) groups excluding carboxylic acids is 1. The third-order valence-corrected chi connectivity index (χ3v) is 3.91. The number of hydrogen-bond donors (Lipinski definition) is 1. The van der Waals surface area contributed by atoms with Gasteiger partial charge >= 0.3 is 0 Å². The van der Waals surface area contributed by atoms with Gasteiger partial charge < -0.3 is 5.73 Å². The second-order valence-electron chi connectivity index (χ2n) is 3.56. The maximum absolute atomic E-state index is 11.7. The lowest BCUT2D eigenvalue weighted by molar-refractivity contribution is 0.103.